The molecule has 2 aromatic rings. The fourth-order valence-electron chi connectivity index (χ4n) is 2.77. The van der Waals surface area contributed by atoms with Crippen LogP contribution in [0.1, 0.15) is 11.1 Å². The van der Waals surface area contributed by atoms with Gasteiger partial charge in [0.15, 0.2) is 0 Å². The van der Waals surface area contributed by atoms with Crippen LogP contribution in [0.15, 0.2) is 54.6 Å². The number of para-hydroxylation sites is 1. The van der Waals surface area contributed by atoms with Crippen LogP contribution >= 0.6 is 0 Å². The molecule has 0 spiro atoms. The van der Waals surface area contributed by atoms with Crippen molar-refractivity contribution in [1.82, 2.24) is 0 Å². The molecule has 1 heterocycles. The van der Waals surface area contributed by atoms with Crippen molar-refractivity contribution in [3.63, 3.8) is 0 Å². The zero-order chi connectivity index (χ0) is 15.4. The van der Waals surface area contributed by atoms with Crippen LogP contribution in [0.4, 0.5) is 10.5 Å². The molecule has 114 valence electrons. The lowest BCUT2D eigenvalue weighted by atomic mass is 9.93. The van der Waals surface area contributed by atoms with E-state index in [0.717, 1.165) is 23.2 Å². The normalized spacial score (nSPS) is 17.0. The maximum Gasteiger partial charge on any atom is 0.414 e. The highest BCUT2D eigenvalue weighted by atomic mass is 16.6. The number of hydrogen-bond acceptors (Lipinski definition) is 3. The average Bonchev–Trinajstić information content (AvgIpc) is 2.59. The molecule has 0 saturated carbocycles. The van der Waals surface area contributed by atoms with Gasteiger partial charge in [-0.3, -0.25) is 4.90 Å². The second-order valence-electron chi connectivity index (χ2n) is 5.53. The summed E-state index contributed by atoms with van der Waals surface area (Å²) in [7, 11) is 0. The third-order valence-corrected chi connectivity index (χ3v) is 3.92. The number of rotatable bonds is 3. The molecule has 0 saturated heterocycles. The monoisotopic (exact) mass is 297 g/mol. The molecule has 0 radical (unpaired) electrons. The van der Waals surface area contributed by atoms with Gasteiger partial charge in [0.2, 0.25) is 0 Å². The number of aliphatic hydroxyl groups is 1. The Morgan fingerprint density at radius 3 is 2.64 bits per heavy atom. The first-order valence-electron chi connectivity index (χ1n) is 7.45. The molecule has 2 aromatic carbocycles. The third-order valence-electron chi connectivity index (χ3n) is 3.92. The lowest BCUT2D eigenvalue weighted by Gasteiger charge is -2.33. The van der Waals surface area contributed by atoms with E-state index in [4.69, 9.17) is 4.74 Å². The molecule has 3 rings (SSSR count). The van der Waals surface area contributed by atoms with E-state index in [0.29, 0.717) is 6.54 Å². The molecule has 1 amide bonds. The first-order valence-corrected chi connectivity index (χ1v) is 7.45. The van der Waals surface area contributed by atoms with E-state index in [9.17, 15) is 9.90 Å². The van der Waals surface area contributed by atoms with Crippen molar-refractivity contribution >= 4 is 11.8 Å². The highest BCUT2D eigenvalue weighted by molar-refractivity contribution is 5.89. The molecule has 0 aromatic heterocycles. The van der Waals surface area contributed by atoms with Crippen LogP contribution in [0, 0.1) is 5.92 Å². The minimum Gasteiger partial charge on any atom is -0.444 e. The molecule has 22 heavy (non-hydrogen) atoms. The maximum absolute atomic E-state index is 12.4. The number of amides is 1. The Hall–Kier alpha value is -2.33. The summed E-state index contributed by atoms with van der Waals surface area (Å²) >= 11 is 0. The summed E-state index contributed by atoms with van der Waals surface area (Å²) in [6.07, 6.45) is 0.421. The van der Waals surface area contributed by atoms with Crippen LogP contribution in [0.2, 0.25) is 0 Å². The zero-order valence-electron chi connectivity index (χ0n) is 12.3. The van der Waals surface area contributed by atoms with Crippen LogP contribution < -0.4 is 4.90 Å². The number of fused-ring (bicyclic) bond motifs is 1. The molecular formula is C18H19NO3. The van der Waals surface area contributed by atoms with Gasteiger partial charge in [-0.15, -0.1) is 0 Å². The molecule has 0 aliphatic carbocycles. The number of ether oxygens (including phenoxy) is 1. The molecule has 1 aliphatic heterocycles. The maximum atomic E-state index is 12.4. The van der Waals surface area contributed by atoms with Crippen molar-refractivity contribution in [3.05, 3.63) is 65.7 Å². The van der Waals surface area contributed by atoms with E-state index < -0.39 is 0 Å². The predicted octanol–water partition coefficient (Wildman–Crippen LogP) is 2.99. The lowest BCUT2D eigenvalue weighted by molar-refractivity contribution is 0.142. The van der Waals surface area contributed by atoms with Crippen LogP contribution in [-0.2, 0) is 17.8 Å². The zero-order valence-corrected chi connectivity index (χ0v) is 12.3. The minimum absolute atomic E-state index is 0.0548. The van der Waals surface area contributed by atoms with Crippen LogP contribution in [-0.4, -0.2) is 24.4 Å². The summed E-state index contributed by atoms with van der Waals surface area (Å²) in [5.74, 6) is 0.0548. The van der Waals surface area contributed by atoms with Gasteiger partial charge < -0.3 is 9.84 Å². The van der Waals surface area contributed by atoms with Gasteiger partial charge in [0.25, 0.3) is 0 Å². The first kappa shape index (κ1) is 14.6. The average molecular weight is 297 g/mol. The van der Waals surface area contributed by atoms with E-state index in [-0.39, 0.29) is 25.2 Å². The Kier molecular flexibility index (Phi) is 4.39. The second kappa shape index (κ2) is 6.62. The van der Waals surface area contributed by atoms with Gasteiger partial charge in [-0.25, -0.2) is 4.79 Å². The third kappa shape index (κ3) is 3.12. The SMILES string of the molecule is O=C(OCc1ccccc1)N1C[C@@H](CO)Cc2ccccc21. The summed E-state index contributed by atoms with van der Waals surface area (Å²) in [5.41, 5.74) is 2.91. The highest BCUT2D eigenvalue weighted by Gasteiger charge is 2.28. The highest BCUT2D eigenvalue weighted by Crippen LogP contribution is 2.30. The van der Waals surface area contributed by atoms with Crippen molar-refractivity contribution in [3.8, 4) is 0 Å². The summed E-state index contributed by atoms with van der Waals surface area (Å²) in [6, 6.07) is 17.4. The summed E-state index contributed by atoms with van der Waals surface area (Å²) in [4.78, 5) is 14.0. The molecule has 1 atom stereocenters. The molecule has 4 heteroatoms. The van der Waals surface area contributed by atoms with Gasteiger partial charge in [0.05, 0.1) is 5.69 Å². The van der Waals surface area contributed by atoms with Crippen molar-refractivity contribution in [1.29, 1.82) is 0 Å². The number of benzene rings is 2. The fourth-order valence-corrected chi connectivity index (χ4v) is 2.77. The van der Waals surface area contributed by atoms with Crippen molar-refractivity contribution < 1.29 is 14.6 Å². The van der Waals surface area contributed by atoms with Crippen LogP contribution in [0.5, 0.6) is 0 Å². The van der Waals surface area contributed by atoms with Crippen molar-refractivity contribution in [2.45, 2.75) is 13.0 Å². The van der Waals surface area contributed by atoms with E-state index >= 15 is 0 Å². The molecule has 0 bridgehead atoms. The van der Waals surface area contributed by atoms with E-state index in [2.05, 4.69) is 0 Å². The number of hydrogen-bond donors (Lipinski definition) is 1. The van der Waals surface area contributed by atoms with Gasteiger partial charge in [0.1, 0.15) is 6.61 Å². The topological polar surface area (TPSA) is 49.8 Å². The standard InChI is InChI=1S/C18H19NO3/c20-12-15-10-16-8-4-5-9-17(16)19(11-15)18(21)22-13-14-6-2-1-3-7-14/h1-9,15,20H,10-13H2/t15-/m0/s1. The number of anilines is 1. The van der Waals surface area contributed by atoms with Gasteiger partial charge >= 0.3 is 6.09 Å². The predicted molar refractivity (Wildman–Crippen MR) is 84.7 cm³/mol. The fraction of sp³-hybridized carbons (Fsp3) is 0.278. The van der Waals surface area contributed by atoms with E-state index in [1.165, 1.54) is 0 Å². The second-order valence-corrected chi connectivity index (χ2v) is 5.53. The first-order chi connectivity index (χ1) is 10.8. The van der Waals surface area contributed by atoms with E-state index in [1.807, 2.05) is 54.6 Å². The molecule has 1 aliphatic rings. The number of aliphatic hydroxyl groups excluding tert-OH is 1. The molecule has 4 nitrogen and oxygen atoms in total. The van der Waals surface area contributed by atoms with Gasteiger partial charge in [-0.05, 0) is 23.6 Å². The quantitative estimate of drug-likeness (QED) is 0.947. The van der Waals surface area contributed by atoms with Gasteiger partial charge in [-0.2, -0.15) is 0 Å². The van der Waals surface area contributed by atoms with Gasteiger partial charge in [0, 0.05) is 19.1 Å². The Bertz CT molecular complexity index is 642. The summed E-state index contributed by atoms with van der Waals surface area (Å²) < 4.78 is 5.42. The molecular weight excluding hydrogens is 278 g/mol. The van der Waals surface area contributed by atoms with Crippen molar-refractivity contribution in [2.75, 3.05) is 18.1 Å². The number of nitrogens with zero attached hydrogens (tertiary/aromatic N) is 1. The van der Waals surface area contributed by atoms with Crippen LogP contribution in [0.3, 0.4) is 0 Å². The Balaban J connectivity index is 1.74. The number of carbonyl (C=O) groups is 1. The molecule has 0 unspecified atom stereocenters. The van der Waals surface area contributed by atoms with E-state index in [1.54, 1.807) is 4.90 Å². The smallest absolute Gasteiger partial charge is 0.414 e. The Labute approximate surface area is 130 Å². The Morgan fingerprint density at radius 2 is 1.86 bits per heavy atom. The Morgan fingerprint density at radius 1 is 1.14 bits per heavy atom. The minimum atomic E-state index is -0.366. The van der Waals surface area contributed by atoms with Crippen molar-refractivity contribution in [2.24, 2.45) is 5.92 Å². The summed E-state index contributed by atoms with van der Waals surface area (Å²) in [5, 5.41) is 9.45. The lowest BCUT2D eigenvalue weighted by Crippen LogP contribution is -2.41. The number of carbonyl (C=O) groups excluding carboxylic acids is 1. The largest absolute Gasteiger partial charge is 0.444 e. The van der Waals surface area contributed by atoms with Crippen LogP contribution in [0.25, 0.3) is 0 Å². The van der Waals surface area contributed by atoms with Gasteiger partial charge in [-0.1, -0.05) is 48.5 Å². The summed E-state index contributed by atoms with van der Waals surface area (Å²) in [6.45, 7) is 0.806. The molecule has 0 fully saturated rings. The molecule has 1 N–H and O–H groups in total.